The zero-order valence-electron chi connectivity index (χ0n) is 11.6. The van der Waals surface area contributed by atoms with E-state index in [1.165, 1.54) is 11.1 Å². The van der Waals surface area contributed by atoms with Crippen LogP contribution in [0.2, 0.25) is 0 Å². The van der Waals surface area contributed by atoms with Gasteiger partial charge in [0.1, 0.15) is 0 Å². The van der Waals surface area contributed by atoms with E-state index in [-0.39, 0.29) is 5.91 Å². The molecule has 0 saturated heterocycles. The molecule has 0 unspecified atom stereocenters. The van der Waals surface area contributed by atoms with Gasteiger partial charge >= 0.3 is 0 Å². The summed E-state index contributed by atoms with van der Waals surface area (Å²) >= 11 is 3.42. The largest absolute Gasteiger partial charge is 0.372 e. The molecule has 0 aromatic heterocycles. The lowest BCUT2D eigenvalue weighted by atomic mass is 10.1. The maximum atomic E-state index is 12.2. The molecule has 1 aliphatic rings. The monoisotopic (exact) mass is 345 g/mol. The topological polar surface area (TPSA) is 38.3 Å². The molecule has 0 aliphatic carbocycles. The number of halogens is 1. The summed E-state index contributed by atoms with van der Waals surface area (Å²) in [6.45, 7) is 1.79. The lowest BCUT2D eigenvalue weighted by molar-refractivity contribution is 0.0950. The number of carbonyl (C=O) groups is 1. The molecule has 2 aromatic carbocycles. The number of carbonyl (C=O) groups excluding carboxylic acids is 1. The fourth-order valence-electron chi connectivity index (χ4n) is 2.34. The standard InChI is InChI=1S/C17H16BrNO2/c18-8-12-1-3-13(4-2-12)9-19-17(20)14-5-6-15-10-21-11-16(15)7-14/h1-7H,8-11H2,(H,19,20). The van der Waals surface area contributed by atoms with E-state index < -0.39 is 0 Å². The van der Waals surface area contributed by atoms with Crippen molar-refractivity contribution < 1.29 is 9.53 Å². The molecule has 0 spiro atoms. The van der Waals surface area contributed by atoms with Gasteiger partial charge in [0.25, 0.3) is 5.91 Å². The third kappa shape index (κ3) is 3.34. The lowest BCUT2D eigenvalue weighted by Gasteiger charge is -2.07. The Kier molecular flexibility index (Phi) is 4.36. The van der Waals surface area contributed by atoms with Crippen LogP contribution in [-0.2, 0) is 29.8 Å². The molecule has 3 nitrogen and oxygen atoms in total. The summed E-state index contributed by atoms with van der Waals surface area (Å²) in [7, 11) is 0. The molecule has 108 valence electrons. The maximum Gasteiger partial charge on any atom is 0.251 e. The number of benzene rings is 2. The zero-order valence-corrected chi connectivity index (χ0v) is 13.2. The van der Waals surface area contributed by atoms with Crippen LogP contribution in [0, 0.1) is 0 Å². The van der Waals surface area contributed by atoms with Crippen LogP contribution in [0.4, 0.5) is 0 Å². The summed E-state index contributed by atoms with van der Waals surface area (Å²) in [4.78, 5) is 12.2. The summed E-state index contributed by atoms with van der Waals surface area (Å²) < 4.78 is 5.37. The molecular formula is C17H16BrNO2. The molecule has 2 aromatic rings. The van der Waals surface area contributed by atoms with Crippen molar-refractivity contribution in [2.24, 2.45) is 0 Å². The minimum atomic E-state index is -0.0470. The van der Waals surface area contributed by atoms with Crippen LogP contribution in [0.3, 0.4) is 0 Å². The average Bonchev–Trinajstić information content (AvgIpc) is 3.00. The third-order valence-corrected chi connectivity index (χ3v) is 4.26. The van der Waals surface area contributed by atoms with Gasteiger partial charge in [0.05, 0.1) is 13.2 Å². The van der Waals surface area contributed by atoms with Crippen molar-refractivity contribution >= 4 is 21.8 Å². The van der Waals surface area contributed by atoms with E-state index in [9.17, 15) is 4.79 Å². The SMILES string of the molecule is O=C(NCc1ccc(CBr)cc1)c1ccc2c(c1)COC2. The molecule has 1 N–H and O–H groups in total. The summed E-state index contributed by atoms with van der Waals surface area (Å²) in [5, 5.41) is 3.80. The Labute approximate surface area is 132 Å². The van der Waals surface area contributed by atoms with Gasteiger partial charge in [0.15, 0.2) is 0 Å². The lowest BCUT2D eigenvalue weighted by Crippen LogP contribution is -2.22. The minimum absolute atomic E-state index is 0.0470. The molecule has 1 aliphatic heterocycles. The second kappa shape index (κ2) is 6.41. The number of alkyl halides is 1. The minimum Gasteiger partial charge on any atom is -0.372 e. The molecule has 0 fully saturated rings. The van der Waals surface area contributed by atoms with E-state index >= 15 is 0 Å². The Morgan fingerprint density at radius 2 is 1.76 bits per heavy atom. The first-order chi connectivity index (χ1) is 10.3. The molecule has 1 heterocycles. The summed E-state index contributed by atoms with van der Waals surface area (Å²) in [6, 6.07) is 13.9. The van der Waals surface area contributed by atoms with Gasteiger partial charge in [-0.05, 0) is 34.4 Å². The predicted octanol–water partition coefficient (Wildman–Crippen LogP) is 3.54. The van der Waals surface area contributed by atoms with Gasteiger partial charge in [-0.15, -0.1) is 0 Å². The fourth-order valence-corrected chi connectivity index (χ4v) is 2.72. The first-order valence-corrected chi connectivity index (χ1v) is 8.00. The van der Waals surface area contributed by atoms with E-state index in [0.717, 1.165) is 16.5 Å². The van der Waals surface area contributed by atoms with Gasteiger partial charge in [-0.3, -0.25) is 4.79 Å². The van der Waals surface area contributed by atoms with Crippen LogP contribution in [0.1, 0.15) is 32.6 Å². The summed E-state index contributed by atoms with van der Waals surface area (Å²) in [5.41, 5.74) is 5.30. The van der Waals surface area contributed by atoms with Gasteiger partial charge in [0.2, 0.25) is 0 Å². The predicted molar refractivity (Wildman–Crippen MR) is 85.2 cm³/mol. The van der Waals surface area contributed by atoms with Crippen molar-refractivity contribution in [3.05, 3.63) is 70.3 Å². The number of hydrogen-bond donors (Lipinski definition) is 1. The number of nitrogens with one attached hydrogen (secondary N) is 1. The molecule has 0 radical (unpaired) electrons. The third-order valence-electron chi connectivity index (χ3n) is 3.61. The van der Waals surface area contributed by atoms with E-state index in [4.69, 9.17) is 4.74 Å². The van der Waals surface area contributed by atoms with Crippen molar-refractivity contribution in [1.29, 1.82) is 0 Å². The first kappa shape index (κ1) is 14.3. The van der Waals surface area contributed by atoms with E-state index in [2.05, 4.69) is 33.4 Å². The van der Waals surface area contributed by atoms with Crippen molar-refractivity contribution in [2.75, 3.05) is 0 Å². The van der Waals surface area contributed by atoms with Crippen LogP contribution in [0.15, 0.2) is 42.5 Å². The zero-order chi connectivity index (χ0) is 14.7. The Hall–Kier alpha value is -1.65. The second-order valence-corrected chi connectivity index (χ2v) is 5.67. The van der Waals surface area contributed by atoms with Gasteiger partial charge < -0.3 is 10.1 Å². The summed E-state index contributed by atoms with van der Waals surface area (Å²) in [5.74, 6) is -0.0470. The van der Waals surface area contributed by atoms with Crippen molar-refractivity contribution in [3.8, 4) is 0 Å². The number of hydrogen-bond acceptors (Lipinski definition) is 2. The quantitative estimate of drug-likeness (QED) is 0.860. The normalized spacial score (nSPS) is 13.0. The van der Waals surface area contributed by atoms with Crippen LogP contribution in [-0.4, -0.2) is 5.91 Å². The Morgan fingerprint density at radius 1 is 1.05 bits per heavy atom. The molecule has 0 atom stereocenters. The molecule has 21 heavy (non-hydrogen) atoms. The molecular weight excluding hydrogens is 330 g/mol. The first-order valence-electron chi connectivity index (χ1n) is 6.88. The van der Waals surface area contributed by atoms with E-state index in [1.54, 1.807) is 0 Å². The highest BCUT2D eigenvalue weighted by atomic mass is 79.9. The van der Waals surface area contributed by atoms with Gasteiger partial charge in [-0.25, -0.2) is 0 Å². The smallest absolute Gasteiger partial charge is 0.251 e. The Bertz CT molecular complexity index is 652. The van der Waals surface area contributed by atoms with Gasteiger partial charge in [-0.2, -0.15) is 0 Å². The van der Waals surface area contributed by atoms with Crippen LogP contribution >= 0.6 is 15.9 Å². The summed E-state index contributed by atoms with van der Waals surface area (Å²) in [6.07, 6.45) is 0. The Balaban J connectivity index is 1.63. The van der Waals surface area contributed by atoms with E-state index in [0.29, 0.717) is 25.3 Å². The van der Waals surface area contributed by atoms with E-state index in [1.807, 2.05) is 30.3 Å². The van der Waals surface area contributed by atoms with Crippen LogP contribution < -0.4 is 5.32 Å². The highest BCUT2D eigenvalue weighted by Gasteiger charge is 2.14. The van der Waals surface area contributed by atoms with Gasteiger partial charge in [0, 0.05) is 17.4 Å². The van der Waals surface area contributed by atoms with Crippen molar-refractivity contribution in [2.45, 2.75) is 25.1 Å². The fraction of sp³-hybridized carbons (Fsp3) is 0.235. The molecule has 0 bridgehead atoms. The average molecular weight is 346 g/mol. The number of fused-ring (bicyclic) bond motifs is 1. The van der Waals surface area contributed by atoms with Gasteiger partial charge in [-0.1, -0.05) is 46.3 Å². The molecule has 0 saturated carbocycles. The van der Waals surface area contributed by atoms with Crippen molar-refractivity contribution in [1.82, 2.24) is 5.32 Å². The maximum absolute atomic E-state index is 12.2. The number of ether oxygens (including phenoxy) is 1. The highest BCUT2D eigenvalue weighted by molar-refractivity contribution is 9.08. The number of amides is 1. The second-order valence-electron chi connectivity index (χ2n) is 5.11. The highest BCUT2D eigenvalue weighted by Crippen LogP contribution is 2.20. The number of rotatable bonds is 4. The molecule has 4 heteroatoms. The molecule has 3 rings (SSSR count). The Morgan fingerprint density at radius 3 is 2.52 bits per heavy atom. The van der Waals surface area contributed by atoms with Crippen LogP contribution in [0.5, 0.6) is 0 Å². The van der Waals surface area contributed by atoms with Crippen molar-refractivity contribution in [3.63, 3.8) is 0 Å². The molecule has 1 amide bonds. The van der Waals surface area contributed by atoms with Crippen LogP contribution in [0.25, 0.3) is 0 Å².